The molecule has 0 spiro atoms. The molecule has 1 amide bonds. The second-order valence-corrected chi connectivity index (χ2v) is 6.28. The molecule has 4 rings (SSSR count). The summed E-state index contributed by atoms with van der Waals surface area (Å²) in [4.78, 5) is 11.6. The Kier molecular flexibility index (Phi) is 4.30. The van der Waals surface area contributed by atoms with Gasteiger partial charge in [0.25, 0.3) is 0 Å². The Hall–Kier alpha value is -3.66. The summed E-state index contributed by atoms with van der Waals surface area (Å²) in [5, 5.41) is 20.0. The third-order valence-corrected chi connectivity index (χ3v) is 4.30. The van der Waals surface area contributed by atoms with Gasteiger partial charge in [-0.25, -0.2) is 0 Å². The second kappa shape index (κ2) is 6.92. The van der Waals surface area contributed by atoms with Crippen LogP contribution in [0.1, 0.15) is 30.0 Å². The molecule has 1 N–H and O–H groups in total. The van der Waals surface area contributed by atoms with Crippen LogP contribution in [0.2, 0.25) is 0 Å². The third kappa shape index (κ3) is 3.37. The van der Waals surface area contributed by atoms with Gasteiger partial charge in [-0.2, -0.15) is 10.4 Å². The minimum absolute atomic E-state index is 0.178. The van der Waals surface area contributed by atoms with Gasteiger partial charge in [-0.3, -0.25) is 4.79 Å². The highest BCUT2D eigenvalue weighted by Gasteiger charge is 2.22. The van der Waals surface area contributed by atoms with E-state index in [2.05, 4.69) is 15.5 Å². The van der Waals surface area contributed by atoms with Gasteiger partial charge in [-0.1, -0.05) is 12.1 Å². The molecular formula is C20H16N4O3. The number of benzene rings is 2. The van der Waals surface area contributed by atoms with Gasteiger partial charge >= 0.3 is 0 Å². The van der Waals surface area contributed by atoms with Gasteiger partial charge in [0, 0.05) is 28.9 Å². The Bertz CT molecular complexity index is 1020. The summed E-state index contributed by atoms with van der Waals surface area (Å²) in [7, 11) is 0. The van der Waals surface area contributed by atoms with Gasteiger partial charge in [0.2, 0.25) is 12.7 Å². The molecule has 2 aromatic carbocycles. The molecule has 0 aliphatic carbocycles. The van der Waals surface area contributed by atoms with E-state index in [4.69, 9.17) is 14.7 Å². The Morgan fingerprint density at radius 3 is 2.67 bits per heavy atom. The molecule has 0 radical (unpaired) electrons. The normalized spacial score (nSPS) is 14.4. The molecule has 7 heteroatoms. The summed E-state index contributed by atoms with van der Waals surface area (Å²) in [5.41, 5.74) is 5.15. The first-order chi connectivity index (χ1) is 13.1. The third-order valence-electron chi connectivity index (χ3n) is 4.30. The van der Waals surface area contributed by atoms with Gasteiger partial charge in [0.1, 0.15) is 12.1 Å². The van der Waals surface area contributed by atoms with E-state index in [0.29, 0.717) is 17.9 Å². The van der Waals surface area contributed by atoms with Crippen molar-refractivity contribution in [2.45, 2.75) is 19.8 Å². The molecule has 7 nitrogen and oxygen atoms in total. The van der Waals surface area contributed by atoms with Crippen molar-refractivity contribution in [2.75, 3.05) is 12.1 Å². The zero-order valence-electron chi connectivity index (χ0n) is 14.7. The van der Waals surface area contributed by atoms with E-state index >= 15 is 0 Å². The van der Waals surface area contributed by atoms with Crippen LogP contribution in [-0.2, 0) is 11.2 Å². The molecule has 0 atom stereocenters. The molecule has 0 saturated heterocycles. The van der Waals surface area contributed by atoms with E-state index in [1.165, 1.54) is 0 Å². The van der Waals surface area contributed by atoms with Gasteiger partial charge in [-0.15, -0.1) is 5.10 Å². The van der Waals surface area contributed by atoms with E-state index < -0.39 is 0 Å². The SMILES string of the molecule is CC1=NN=C(c2ccc(NC(=O)CC#N)cc2)c2cc3c(cc2C1)OCO3. The maximum absolute atomic E-state index is 11.6. The van der Waals surface area contributed by atoms with Crippen LogP contribution in [0, 0.1) is 11.3 Å². The molecular weight excluding hydrogens is 344 g/mol. The minimum Gasteiger partial charge on any atom is -0.454 e. The van der Waals surface area contributed by atoms with Crippen molar-refractivity contribution in [1.82, 2.24) is 0 Å². The summed E-state index contributed by atoms with van der Waals surface area (Å²) in [5.74, 6) is 1.09. The van der Waals surface area contributed by atoms with Gasteiger partial charge in [-0.05, 0) is 36.8 Å². The van der Waals surface area contributed by atoms with E-state index in [-0.39, 0.29) is 19.1 Å². The summed E-state index contributed by atoms with van der Waals surface area (Å²) < 4.78 is 11.0. The molecule has 2 heterocycles. The summed E-state index contributed by atoms with van der Waals surface area (Å²) in [6.45, 7) is 2.16. The smallest absolute Gasteiger partial charge is 0.238 e. The summed E-state index contributed by atoms with van der Waals surface area (Å²) in [6, 6.07) is 13.0. The number of nitrogens with one attached hydrogen (secondary N) is 1. The van der Waals surface area contributed by atoms with Crippen LogP contribution in [-0.4, -0.2) is 24.1 Å². The number of ether oxygens (including phenoxy) is 2. The quantitative estimate of drug-likeness (QED) is 0.910. The Balaban J connectivity index is 1.69. The van der Waals surface area contributed by atoms with E-state index in [1.807, 2.05) is 37.3 Å². The Labute approximate surface area is 155 Å². The van der Waals surface area contributed by atoms with Crippen LogP contribution in [0.15, 0.2) is 46.6 Å². The highest BCUT2D eigenvalue weighted by atomic mass is 16.7. The number of carbonyl (C=O) groups excluding carboxylic acids is 1. The zero-order chi connectivity index (χ0) is 18.8. The second-order valence-electron chi connectivity index (χ2n) is 6.28. The van der Waals surface area contributed by atoms with Crippen molar-refractivity contribution in [1.29, 1.82) is 5.26 Å². The molecule has 0 aromatic heterocycles. The fraction of sp³-hybridized carbons (Fsp3) is 0.200. The van der Waals surface area contributed by atoms with Gasteiger partial charge < -0.3 is 14.8 Å². The largest absolute Gasteiger partial charge is 0.454 e. The lowest BCUT2D eigenvalue weighted by Gasteiger charge is -2.11. The fourth-order valence-corrected chi connectivity index (χ4v) is 3.05. The van der Waals surface area contributed by atoms with Crippen LogP contribution in [0.25, 0.3) is 0 Å². The average molecular weight is 360 g/mol. The van der Waals surface area contributed by atoms with Crippen molar-refractivity contribution >= 4 is 23.0 Å². The molecule has 0 fully saturated rings. The molecule has 0 unspecified atom stereocenters. The highest BCUT2D eigenvalue weighted by molar-refractivity contribution is 6.15. The minimum atomic E-state index is -0.338. The molecule has 2 aromatic rings. The fourth-order valence-electron chi connectivity index (χ4n) is 3.05. The first-order valence-electron chi connectivity index (χ1n) is 8.45. The van der Waals surface area contributed by atoms with Crippen LogP contribution < -0.4 is 14.8 Å². The molecule has 0 bridgehead atoms. The van der Waals surface area contributed by atoms with E-state index in [0.717, 1.165) is 33.9 Å². The van der Waals surface area contributed by atoms with Gasteiger partial charge in [0.15, 0.2) is 11.5 Å². The lowest BCUT2D eigenvalue weighted by atomic mass is 9.94. The van der Waals surface area contributed by atoms with Crippen molar-refractivity contribution in [3.63, 3.8) is 0 Å². The standard InChI is InChI=1S/C20H16N4O3/c1-12-8-14-9-17-18(27-11-26-17)10-16(14)20(24-23-12)13-2-4-15(5-3-13)22-19(25)6-7-21/h2-5,9-10H,6,8,11H2,1H3,(H,22,25). The topological polar surface area (TPSA) is 96.1 Å². The number of carbonyl (C=O) groups is 1. The zero-order valence-corrected chi connectivity index (χ0v) is 14.7. The number of amides is 1. The maximum atomic E-state index is 11.6. The first-order valence-corrected chi connectivity index (χ1v) is 8.45. The number of hydrogen-bond acceptors (Lipinski definition) is 6. The predicted molar refractivity (Wildman–Crippen MR) is 100 cm³/mol. The average Bonchev–Trinajstić information content (AvgIpc) is 3.04. The first kappa shape index (κ1) is 16.8. The highest BCUT2D eigenvalue weighted by Crippen LogP contribution is 2.36. The number of hydrogen-bond donors (Lipinski definition) is 1. The lowest BCUT2D eigenvalue weighted by Crippen LogP contribution is -2.11. The van der Waals surface area contributed by atoms with Crippen molar-refractivity contribution in [2.24, 2.45) is 10.2 Å². The summed E-state index contributed by atoms with van der Waals surface area (Å²) in [6.07, 6.45) is 0.504. The number of fused-ring (bicyclic) bond motifs is 2. The predicted octanol–water partition coefficient (Wildman–Crippen LogP) is 3.04. The monoisotopic (exact) mass is 360 g/mol. The van der Waals surface area contributed by atoms with Crippen LogP contribution >= 0.6 is 0 Å². The van der Waals surface area contributed by atoms with E-state index in [1.54, 1.807) is 12.1 Å². The Morgan fingerprint density at radius 1 is 1.19 bits per heavy atom. The molecule has 2 aliphatic rings. The lowest BCUT2D eigenvalue weighted by molar-refractivity contribution is -0.115. The summed E-state index contributed by atoms with van der Waals surface area (Å²) >= 11 is 0. The molecule has 0 saturated carbocycles. The van der Waals surface area contributed by atoms with E-state index in [9.17, 15) is 4.79 Å². The van der Waals surface area contributed by atoms with Crippen LogP contribution in [0.5, 0.6) is 11.5 Å². The number of anilines is 1. The van der Waals surface area contributed by atoms with Crippen molar-refractivity contribution in [3.05, 3.63) is 53.1 Å². The maximum Gasteiger partial charge on any atom is 0.238 e. The van der Waals surface area contributed by atoms with Crippen molar-refractivity contribution < 1.29 is 14.3 Å². The van der Waals surface area contributed by atoms with Gasteiger partial charge in [0.05, 0.1) is 6.07 Å². The van der Waals surface area contributed by atoms with Crippen LogP contribution in [0.3, 0.4) is 0 Å². The Morgan fingerprint density at radius 2 is 1.93 bits per heavy atom. The number of nitrogens with zero attached hydrogens (tertiary/aromatic N) is 3. The van der Waals surface area contributed by atoms with Crippen molar-refractivity contribution in [3.8, 4) is 17.6 Å². The number of rotatable bonds is 3. The molecule has 27 heavy (non-hydrogen) atoms. The number of nitriles is 1. The van der Waals surface area contributed by atoms with Crippen LogP contribution in [0.4, 0.5) is 5.69 Å². The molecule has 134 valence electrons. The molecule has 2 aliphatic heterocycles.